The summed E-state index contributed by atoms with van der Waals surface area (Å²) < 4.78 is 16.3. The lowest BCUT2D eigenvalue weighted by molar-refractivity contribution is -0.123. The number of nitrogens with one attached hydrogen (secondary N) is 1. The molecule has 1 atom stereocenters. The van der Waals surface area contributed by atoms with Gasteiger partial charge in [0.15, 0.2) is 6.61 Å². The molecule has 0 bridgehead atoms. The topological polar surface area (TPSA) is 56.8 Å². The van der Waals surface area contributed by atoms with Crippen molar-refractivity contribution in [3.63, 3.8) is 0 Å². The first kappa shape index (κ1) is 18.6. The first-order valence-corrected chi connectivity index (χ1v) is 8.23. The number of aryl methyl sites for hydroxylation is 2. The van der Waals surface area contributed by atoms with E-state index in [4.69, 9.17) is 14.2 Å². The lowest BCUT2D eigenvalue weighted by atomic mass is 10.1. The summed E-state index contributed by atoms with van der Waals surface area (Å²) in [5.41, 5.74) is 2.22. The van der Waals surface area contributed by atoms with Crippen LogP contribution in [0.1, 0.15) is 18.1 Å². The second-order valence-corrected chi connectivity index (χ2v) is 6.07. The number of amides is 1. The Hall–Kier alpha value is -2.69. The molecule has 134 valence electrons. The van der Waals surface area contributed by atoms with E-state index in [-0.39, 0.29) is 18.6 Å². The van der Waals surface area contributed by atoms with Crippen molar-refractivity contribution >= 4 is 5.91 Å². The Balaban J connectivity index is 1.73. The van der Waals surface area contributed by atoms with E-state index >= 15 is 0 Å². The largest absolute Gasteiger partial charge is 0.497 e. The summed E-state index contributed by atoms with van der Waals surface area (Å²) in [5, 5.41) is 2.86. The smallest absolute Gasteiger partial charge is 0.258 e. The van der Waals surface area contributed by atoms with Crippen molar-refractivity contribution in [2.75, 3.05) is 20.3 Å². The molecule has 0 saturated carbocycles. The number of ether oxygens (including phenoxy) is 3. The van der Waals surface area contributed by atoms with Crippen molar-refractivity contribution in [3.8, 4) is 17.2 Å². The maximum Gasteiger partial charge on any atom is 0.258 e. The monoisotopic (exact) mass is 343 g/mol. The molecule has 2 aromatic carbocycles. The van der Waals surface area contributed by atoms with E-state index in [1.807, 2.05) is 57.2 Å². The lowest BCUT2D eigenvalue weighted by Crippen LogP contribution is -2.39. The fourth-order valence-electron chi connectivity index (χ4n) is 2.42. The van der Waals surface area contributed by atoms with Gasteiger partial charge in [0.25, 0.3) is 5.91 Å². The normalized spacial score (nSPS) is 11.5. The van der Waals surface area contributed by atoms with Gasteiger partial charge in [-0.05, 0) is 68.3 Å². The minimum absolute atomic E-state index is 0.0181. The highest BCUT2D eigenvalue weighted by molar-refractivity contribution is 5.77. The van der Waals surface area contributed by atoms with Gasteiger partial charge in [-0.1, -0.05) is 6.07 Å². The first-order valence-electron chi connectivity index (χ1n) is 8.23. The second kappa shape index (κ2) is 8.97. The zero-order valence-corrected chi connectivity index (χ0v) is 15.2. The molecule has 1 N–H and O–H groups in total. The Morgan fingerprint density at radius 1 is 0.960 bits per heavy atom. The number of hydrogen-bond acceptors (Lipinski definition) is 4. The van der Waals surface area contributed by atoms with Crippen molar-refractivity contribution < 1.29 is 19.0 Å². The van der Waals surface area contributed by atoms with Gasteiger partial charge in [0.2, 0.25) is 0 Å². The Morgan fingerprint density at radius 3 is 2.16 bits per heavy atom. The molecule has 5 nitrogen and oxygen atoms in total. The molecule has 0 radical (unpaired) electrons. The Kier molecular flexibility index (Phi) is 6.69. The molecule has 2 rings (SSSR count). The molecule has 0 unspecified atom stereocenters. The van der Waals surface area contributed by atoms with Crippen molar-refractivity contribution in [3.05, 3.63) is 53.6 Å². The number of methoxy groups -OCH3 is 1. The molecule has 0 aliphatic carbocycles. The predicted octanol–water partition coefficient (Wildman–Crippen LogP) is 3.27. The van der Waals surface area contributed by atoms with Crippen LogP contribution >= 0.6 is 0 Å². The molecule has 0 saturated heterocycles. The van der Waals surface area contributed by atoms with Crippen LogP contribution in [0.2, 0.25) is 0 Å². The van der Waals surface area contributed by atoms with Gasteiger partial charge in [-0.2, -0.15) is 0 Å². The molecule has 0 aliphatic rings. The number of hydrogen-bond donors (Lipinski definition) is 1. The van der Waals surface area contributed by atoms with Crippen LogP contribution in [0.15, 0.2) is 42.5 Å². The SMILES string of the molecule is COc1ccc(OC[C@@H](C)NC(=O)COc2cc(C)cc(C)c2)cc1. The van der Waals surface area contributed by atoms with E-state index in [1.165, 1.54) is 0 Å². The molecule has 0 fully saturated rings. The van der Waals surface area contributed by atoms with E-state index in [0.717, 1.165) is 22.6 Å². The van der Waals surface area contributed by atoms with Gasteiger partial charge >= 0.3 is 0 Å². The van der Waals surface area contributed by atoms with E-state index < -0.39 is 0 Å². The summed E-state index contributed by atoms with van der Waals surface area (Å²) in [7, 11) is 1.62. The molecule has 0 aromatic heterocycles. The van der Waals surface area contributed by atoms with Gasteiger partial charge in [-0.15, -0.1) is 0 Å². The van der Waals surface area contributed by atoms with Crippen molar-refractivity contribution in [2.45, 2.75) is 26.8 Å². The lowest BCUT2D eigenvalue weighted by Gasteiger charge is -2.16. The zero-order valence-electron chi connectivity index (χ0n) is 15.2. The summed E-state index contributed by atoms with van der Waals surface area (Å²) >= 11 is 0. The third-order valence-corrected chi connectivity index (χ3v) is 3.53. The van der Waals surface area contributed by atoms with Crippen LogP contribution < -0.4 is 19.5 Å². The minimum atomic E-state index is -0.176. The van der Waals surface area contributed by atoms with Crippen LogP contribution in [0, 0.1) is 13.8 Å². The fourth-order valence-corrected chi connectivity index (χ4v) is 2.42. The van der Waals surface area contributed by atoms with E-state index in [0.29, 0.717) is 12.4 Å². The highest BCUT2D eigenvalue weighted by atomic mass is 16.5. The van der Waals surface area contributed by atoms with Crippen molar-refractivity contribution in [1.82, 2.24) is 5.32 Å². The van der Waals surface area contributed by atoms with Gasteiger partial charge in [0, 0.05) is 0 Å². The van der Waals surface area contributed by atoms with Crippen LogP contribution in [0.25, 0.3) is 0 Å². The quantitative estimate of drug-likeness (QED) is 0.799. The van der Waals surface area contributed by atoms with Gasteiger partial charge in [0.05, 0.1) is 13.2 Å². The first-order chi connectivity index (χ1) is 12.0. The molecular formula is C20H25NO4. The van der Waals surface area contributed by atoms with E-state index in [9.17, 15) is 4.79 Å². The van der Waals surface area contributed by atoms with Crippen molar-refractivity contribution in [2.24, 2.45) is 0 Å². The third-order valence-electron chi connectivity index (χ3n) is 3.53. The minimum Gasteiger partial charge on any atom is -0.497 e. The number of carbonyl (C=O) groups excluding carboxylic acids is 1. The Morgan fingerprint density at radius 2 is 1.56 bits per heavy atom. The Labute approximate surface area is 148 Å². The van der Waals surface area contributed by atoms with Crippen LogP contribution in [0.4, 0.5) is 0 Å². The summed E-state index contributed by atoms with van der Waals surface area (Å²) in [6, 6.07) is 13.1. The van der Waals surface area contributed by atoms with Crippen LogP contribution in [-0.4, -0.2) is 32.3 Å². The Bertz CT molecular complexity index is 677. The molecule has 0 heterocycles. The maximum atomic E-state index is 12.0. The average molecular weight is 343 g/mol. The summed E-state index contributed by atoms with van der Waals surface area (Å²) in [6.07, 6.45) is 0. The van der Waals surface area contributed by atoms with Gasteiger partial charge in [-0.25, -0.2) is 0 Å². The standard InChI is InChI=1S/C20H25NO4/c1-14-9-15(2)11-19(10-14)25-13-20(22)21-16(3)12-24-18-7-5-17(23-4)6-8-18/h5-11,16H,12-13H2,1-4H3,(H,21,22)/t16-/m1/s1. The van der Waals surface area contributed by atoms with E-state index in [2.05, 4.69) is 11.4 Å². The average Bonchev–Trinajstić information content (AvgIpc) is 2.58. The molecule has 25 heavy (non-hydrogen) atoms. The van der Waals surface area contributed by atoms with Gasteiger partial charge in [0.1, 0.15) is 23.9 Å². The van der Waals surface area contributed by atoms with Gasteiger partial charge in [-0.3, -0.25) is 4.79 Å². The van der Waals surface area contributed by atoms with Crippen LogP contribution in [0.5, 0.6) is 17.2 Å². The van der Waals surface area contributed by atoms with Crippen LogP contribution in [0.3, 0.4) is 0 Å². The van der Waals surface area contributed by atoms with Crippen molar-refractivity contribution in [1.29, 1.82) is 0 Å². The fraction of sp³-hybridized carbons (Fsp3) is 0.350. The number of carbonyl (C=O) groups is 1. The number of rotatable bonds is 8. The third kappa shape index (κ3) is 6.37. The number of benzene rings is 2. The molecule has 2 aromatic rings. The molecular weight excluding hydrogens is 318 g/mol. The summed E-state index contributed by atoms with van der Waals surface area (Å²) in [5.74, 6) is 2.03. The second-order valence-electron chi connectivity index (χ2n) is 6.07. The van der Waals surface area contributed by atoms with E-state index in [1.54, 1.807) is 7.11 Å². The maximum absolute atomic E-state index is 12.0. The summed E-state index contributed by atoms with van der Waals surface area (Å²) in [6.45, 7) is 6.24. The van der Waals surface area contributed by atoms with Crippen LogP contribution in [-0.2, 0) is 4.79 Å². The highest BCUT2D eigenvalue weighted by Gasteiger charge is 2.09. The zero-order chi connectivity index (χ0) is 18.2. The summed E-state index contributed by atoms with van der Waals surface area (Å²) in [4.78, 5) is 12.0. The van der Waals surface area contributed by atoms with Gasteiger partial charge < -0.3 is 19.5 Å². The molecule has 0 aliphatic heterocycles. The highest BCUT2D eigenvalue weighted by Crippen LogP contribution is 2.17. The predicted molar refractivity (Wildman–Crippen MR) is 97.5 cm³/mol. The molecule has 5 heteroatoms. The molecule has 0 spiro atoms. The molecule has 1 amide bonds.